The van der Waals surface area contributed by atoms with Gasteiger partial charge >= 0.3 is 0 Å². The van der Waals surface area contributed by atoms with E-state index in [0.29, 0.717) is 0 Å². The summed E-state index contributed by atoms with van der Waals surface area (Å²) in [6.07, 6.45) is 9.91. The van der Waals surface area contributed by atoms with Gasteiger partial charge in [-0.25, -0.2) is 0 Å². The van der Waals surface area contributed by atoms with Gasteiger partial charge in [0.2, 0.25) is 0 Å². The molecule has 4 rings (SSSR count). The highest BCUT2D eigenvalue weighted by Gasteiger charge is 2.04. The van der Waals surface area contributed by atoms with E-state index in [4.69, 9.17) is 0 Å². The molecule has 0 saturated carbocycles. The van der Waals surface area contributed by atoms with Crippen molar-refractivity contribution in [2.24, 2.45) is 0 Å². The van der Waals surface area contributed by atoms with E-state index in [0.717, 1.165) is 6.42 Å². The van der Waals surface area contributed by atoms with Gasteiger partial charge in [0.05, 0.1) is 0 Å². The molecule has 19 heavy (non-hydrogen) atoms. The van der Waals surface area contributed by atoms with Crippen LogP contribution in [0.3, 0.4) is 0 Å². The van der Waals surface area contributed by atoms with E-state index in [9.17, 15) is 0 Å². The molecule has 3 aromatic carbocycles. The van der Waals surface area contributed by atoms with Gasteiger partial charge in [-0.2, -0.15) is 0 Å². The lowest BCUT2D eigenvalue weighted by Gasteiger charge is -2.07. The summed E-state index contributed by atoms with van der Waals surface area (Å²) in [5, 5.41) is 5.25. The van der Waals surface area contributed by atoms with Gasteiger partial charge in [0.15, 0.2) is 0 Å². The fraction of sp³-hybridized carbons (Fsp3) is 0.0526. The molecule has 0 saturated heterocycles. The summed E-state index contributed by atoms with van der Waals surface area (Å²) in [5.74, 6) is 0. The molecule has 0 amide bonds. The molecule has 0 N–H and O–H groups in total. The predicted octanol–water partition coefficient (Wildman–Crippen LogP) is 5.42. The molecule has 0 bridgehead atoms. The van der Waals surface area contributed by atoms with Crippen molar-refractivity contribution in [3.63, 3.8) is 0 Å². The van der Waals surface area contributed by atoms with Crippen molar-refractivity contribution in [2.45, 2.75) is 6.42 Å². The zero-order valence-electron chi connectivity index (χ0n) is 10.6. The van der Waals surface area contributed by atoms with Crippen LogP contribution < -0.4 is 0 Å². The molecule has 3 aromatic rings. The maximum absolute atomic E-state index is 2.29. The highest BCUT2D eigenvalue weighted by Crippen LogP contribution is 2.28. The smallest absolute Gasteiger partial charge is 0.0162 e. The zero-order chi connectivity index (χ0) is 12.7. The van der Waals surface area contributed by atoms with Crippen molar-refractivity contribution < 1.29 is 0 Å². The lowest BCUT2D eigenvalue weighted by Crippen LogP contribution is -1.83. The van der Waals surface area contributed by atoms with Crippen LogP contribution in [0.25, 0.3) is 33.7 Å². The molecule has 0 atom stereocenters. The van der Waals surface area contributed by atoms with Crippen molar-refractivity contribution in [1.82, 2.24) is 0 Å². The SMILES string of the molecule is C1=Cc2cc3cc4ccccc4cc3cc2C=CC1. The van der Waals surface area contributed by atoms with Crippen LogP contribution in [0, 0.1) is 0 Å². The predicted molar refractivity (Wildman–Crippen MR) is 84.1 cm³/mol. The second-order valence-electron chi connectivity index (χ2n) is 5.07. The lowest BCUT2D eigenvalue weighted by molar-refractivity contribution is 1.44. The highest BCUT2D eigenvalue weighted by molar-refractivity contribution is 6.00. The Morgan fingerprint density at radius 1 is 0.579 bits per heavy atom. The maximum Gasteiger partial charge on any atom is -0.0162 e. The van der Waals surface area contributed by atoms with Crippen LogP contribution >= 0.6 is 0 Å². The Balaban J connectivity index is 2.09. The Morgan fingerprint density at radius 2 is 1.11 bits per heavy atom. The summed E-state index contributed by atoms with van der Waals surface area (Å²) in [5.41, 5.74) is 2.63. The lowest BCUT2D eigenvalue weighted by atomic mass is 9.98. The van der Waals surface area contributed by atoms with Crippen LogP contribution in [0.2, 0.25) is 0 Å². The third-order valence-electron chi connectivity index (χ3n) is 3.77. The highest BCUT2D eigenvalue weighted by atomic mass is 14.1. The molecule has 0 radical (unpaired) electrons. The summed E-state index contributed by atoms with van der Waals surface area (Å²) in [4.78, 5) is 0. The van der Waals surface area contributed by atoms with Gasteiger partial charge in [0.1, 0.15) is 0 Å². The van der Waals surface area contributed by atoms with Gasteiger partial charge in [-0.05, 0) is 63.4 Å². The van der Waals surface area contributed by atoms with Gasteiger partial charge < -0.3 is 0 Å². The molecule has 0 aliphatic heterocycles. The minimum Gasteiger partial charge on any atom is -0.0801 e. The van der Waals surface area contributed by atoms with Crippen molar-refractivity contribution in [3.8, 4) is 0 Å². The standard InChI is InChI=1S/C19H14/c1-2-6-14-10-18-12-16-8-4-5-9-17(16)13-19(18)11-15(14)7-3-1/h2-13H,1H2. The molecular formula is C19H14. The number of hydrogen-bond donors (Lipinski definition) is 0. The van der Waals surface area contributed by atoms with Crippen LogP contribution in [-0.4, -0.2) is 0 Å². The average molecular weight is 242 g/mol. The molecular weight excluding hydrogens is 228 g/mol. The molecule has 0 heteroatoms. The molecule has 0 heterocycles. The van der Waals surface area contributed by atoms with E-state index in [1.54, 1.807) is 0 Å². The molecule has 1 aliphatic carbocycles. The van der Waals surface area contributed by atoms with Gasteiger partial charge in [0, 0.05) is 0 Å². The molecule has 0 fully saturated rings. The third-order valence-corrected chi connectivity index (χ3v) is 3.77. The van der Waals surface area contributed by atoms with Crippen molar-refractivity contribution in [3.05, 3.63) is 71.8 Å². The first-order valence-corrected chi connectivity index (χ1v) is 6.70. The normalized spacial score (nSPS) is 13.7. The average Bonchev–Trinajstić information content (AvgIpc) is 2.67. The molecule has 0 aromatic heterocycles. The minimum absolute atomic E-state index is 1.02. The van der Waals surface area contributed by atoms with E-state index < -0.39 is 0 Å². The molecule has 90 valence electrons. The second-order valence-corrected chi connectivity index (χ2v) is 5.07. The van der Waals surface area contributed by atoms with Crippen LogP contribution in [0.15, 0.2) is 60.7 Å². The van der Waals surface area contributed by atoms with Gasteiger partial charge in [-0.3, -0.25) is 0 Å². The Labute approximate surface area is 112 Å². The first-order chi connectivity index (χ1) is 9.40. The monoisotopic (exact) mass is 242 g/mol. The second kappa shape index (κ2) is 4.10. The van der Waals surface area contributed by atoms with Crippen LogP contribution in [-0.2, 0) is 0 Å². The minimum atomic E-state index is 1.02. The summed E-state index contributed by atoms with van der Waals surface area (Å²) < 4.78 is 0. The Hall–Kier alpha value is -2.34. The van der Waals surface area contributed by atoms with Crippen LogP contribution in [0.5, 0.6) is 0 Å². The zero-order valence-corrected chi connectivity index (χ0v) is 10.6. The Kier molecular flexibility index (Phi) is 2.28. The first kappa shape index (κ1) is 10.6. The summed E-state index contributed by atoms with van der Waals surface area (Å²) in [6, 6.07) is 17.7. The van der Waals surface area contributed by atoms with Gasteiger partial charge in [-0.15, -0.1) is 0 Å². The Bertz CT molecular complexity index is 765. The van der Waals surface area contributed by atoms with E-state index in [2.05, 4.69) is 72.8 Å². The van der Waals surface area contributed by atoms with Gasteiger partial charge in [-0.1, -0.05) is 48.6 Å². The van der Waals surface area contributed by atoms with Crippen LogP contribution in [0.1, 0.15) is 17.5 Å². The number of fused-ring (bicyclic) bond motifs is 3. The van der Waals surface area contributed by atoms with Crippen molar-refractivity contribution in [2.75, 3.05) is 0 Å². The quantitative estimate of drug-likeness (QED) is 0.461. The van der Waals surface area contributed by atoms with E-state index in [1.807, 2.05) is 0 Å². The van der Waals surface area contributed by atoms with Crippen molar-refractivity contribution >= 4 is 33.7 Å². The molecule has 1 aliphatic rings. The van der Waals surface area contributed by atoms with E-state index >= 15 is 0 Å². The molecule has 0 unspecified atom stereocenters. The largest absolute Gasteiger partial charge is 0.0801 e. The van der Waals surface area contributed by atoms with Crippen LogP contribution in [0.4, 0.5) is 0 Å². The summed E-state index contributed by atoms with van der Waals surface area (Å²) in [7, 11) is 0. The number of allylic oxidation sites excluding steroid dienone is 2. The van der Waals surface area contributed by atoms with E-state index in [1.165, 1.54) is 32.7 Å². The number of benzene rings is 3. The number of rotatable bonds is 0. The topological polar surface area (TPSA) is 0 Å². The fourth-order valence-corrected chi connectivity index (χ4v) is 2.78. The molecule has 0 nitrogen and oxygen atoms in total. The Morgan fingerprint density at radius 3 is 1.63 bits per heavy atom. The van der Waals surface area contributed by atoms with E-state index in [-0.39, 0.29) is 0 Å². The summed E-state index contributed by atoms with van der Waals surface area (Å²) in [6.45, 7) is 0. The molecule has 0 spiro atoms. The fourth-order valence-electron chi connectivity index (χ4n) is 2.78. The summed E-state index contributed by atoms with van der Waals surface area (Å²) >= 11 is 0. The van der Waals surface area contributed by atoms with Gasteiger partial charge in [0.25, 0.3) is 0 Å². The first-order valence-electron chi connectivity index (χ1n) is 6.70. The van der Waals surface area contributed by atoms with Crippen molar-refractivity contribution in [1.29, 1.82) is 0 Å². The third kappa shape index (κ3) is 1.77. The number of hydrogen-bond acceptors (Lipinski definition) is 0. The maximum atomic E-state index is 2.29.